The molecular formula is C15H12BrClN2O. The molecule has 0 saturated heterocycles. The average Bonchev–Trinajstić information content (AvgIpc) is 2.46. The van der Waals surface area contributed by atoms with Crippen molar-refractivity contribution in [3.05, 3.63) is 57.5 Å². The summed E-state index contributed by atoms with van der Waals surface area (Å²) in [5, 5.41) is 12.7. The van der Waals surface area contributed by atoms with Crippen LogP contribution in [-0.4, -0.2) is 13.2 Å². The van der Waals surface area contributed by atoms with Crippen LogP contribution in [0.15, 0.2) is 46.9 Å². The minimum atomic E-state index is 0.499. The van der Waals surface area contributed by atoms with Gasteiger partial charge in [0.25, 0.3) is 0 Å². The molecule has 0 aliphatic carbocycles. The molecule has 0 amide bonds. The normalized spacial score (nSPS) is 9.85. The van der Waals surface area contributed by atoms with Crippen molar-refractivity contribution in [3.8, 4) is 11.8 Å². The highest BCUT2D eigenvalue weighted by molar-refractivity contribution is 9.10. The van der Waals surface area contributed by atoms with E-state index in [1.807, 2.05) is 24.3 Å². The van der Waals surface area contributed by atoms with Gasteiger partial charge in [0, 0.05) is 16.0 Å². The van der Waals surface area contributed by atoms with Gasteiger partial charge < -0.3 is 10.1 Å². The molecule has 0 unspecified atom stereocenters. The van der Waals surface area contributed by atoms with Gasteiger partial charge in [-0.3, -0.25) is 0 Å². The number of hydrogen-bond donors (Lipinski definition) is 1. The minimum absolute atomic E-state index is 0.499. The third-order valence-electron chi connectivity index (χ3n) is 2.60. The van der Waals surface area contributed by atoms with E-state index in [1.54, 1.807) is 18.2 Å². The highest BCUT2D eigenvalue weighted by atomic mass is 79.9. The summed E-state index contributed by atoms with van der Waals surface area (Å²) >= 11 is 9.28. The minimum Gasteiger partial charge on any atom is -0.492 e. The molecule has 0 fully saturated rings. The first kappa shape index (κ1) is 14.7. The van der Waals surface area contributed by atoms with Gasteiger partial charge in [-0.15, -0.1) is 0 Å². The Bertz CT molecular complexity index is 623. The quantitative estimate of drug-likeness (QED) is 0.809. The van der Waals surface area contributed by atoms with Gasteiger partial charge in [0.15, 0.2) is 0 Å². The molecule has 3 nitrogen and oxygen atoms in total. The van der Waals surface area contributed by atoms with Crippen molar-refractivity contribution in [2.75, 3.05) is 18.5 Å². The van der Waals surface area contributed by atoms with Crippen LogP contribution in [-0.2, 0) is 0 Å². The summed E-state index contributed by atoms with van der Waals surface area (Å²) in [5.41, 5.74) is 1.29. The lowest BCUT2D eigenvalue weighted by Crippen LogP contribution is -2.12. The summed E-state index contributed by atoms with van der Waals surface area (Å²) in [5.74, 6) is 0.807. The van der Waals surface area contributed by atoms with Crippen molar-refractivity contribution < 1.29 is 4.74 Å². The van der Waals surface area contributed by atoms with Crippen LogP contribution in [0.1, 0.15) is 5.56 Å². The number of halogens is 2. The van der Waals surface area contributed by atoms with Crippen LogP contribution in [0, 0.1) is 11.3 Å². The highest BCUT2D eigenvalue weighted by Gasteiger charge is 2.02. The fourth-order valence-electron chi connectivity index (χ4n) is 1.65. The third kappa shape index (κ3) is 4.16. The molecule has 0 spiro atoms. The van der Waals surface area contributed by atoms with Crippen molar-refractivity contribution in [2.24, 2.45) is 0 Å². The molecule has 0 atom stereocenters. The number of ether oxygens (including phenoxy) is 1. The van der Waals surface area contributed by atoms with Crippen LogP contribution >= 0.6 is 27.5 Å². The standard InChI is InChI=1S/C15H12BrClN2O/c16-12-2-5-14(6-3-12)20-8-7-19-15-9-13(17)4-1-11(15)10-18/h1-6,9,19H,7-8H2. The Balaban J connectivity index is 1.86. The third-order valence-corrected chi connectivity index (χ3v) is 3.37. The zero-order valence-corrected chi connectivity index (χ0v) is 12.9. The molecule has 102 valence electrons. The molecule has 0 saturated carbocycles. The number of hydrogen-bond acceptors (Lipinski definition) is 3. The molecule has 0 aromatic heterocycles. The first-order valence-corrected chi connectivity index (χ1v) is 7.18. The van der Waals surface area contributed by atoms with Crippen molar-refractivity contribution in [1.82, 2.24) is 0 Å². The van der Waals surface area contributed by atoms with Gasteiger partial charge in [-0.25, -0.2) is 0 Å². The number of nitriles is 1. The van der Waals surface area contributed by atoms with E-state index in [0.29, 0.717) is 23.7 Å². The summed E-state index contributed by atoms with van der Waals surface area (Å²) in [7, 11) is 0. The maximum atomic E-state index is 9.00. The van der Waals surface area contributed by atoms with E-state index in [0.717, 1.165) is 15.9 Å². The van der Waals surface area contributed by atoms with Gasteiger partial charge in [-0.1, -0.05) is 27.5 Å². The van der Waals surface area contributed by atoms with E-state index >= 15 is 0 Å². The van der Waals surface area contributed by atoms with Crippen LogP contribution in [0.2, 0.25) is 5.02 Å². The molecule has 0 aliphatic rings. The molecule has 2 aromatic rings. The molecule has 2 aromatic carbocycles. The van der Waals surface area contributed by atoms with Crippen LogP contribution in [0.4, 0.5) is 5.69 Å². The van der Waals surface area contributed by atoms with Gasteiger partial charge in [0.1, 0.15) is 18.4 Å². The van der Waals surface area contributed by atoms with Gasteiger partial charge in [0.2, 0.25) is 0 Å². The van der Waals surface area contributed by atoms with E-state index in [4.69, 9.17) is 21.6 Å². The summed E-state index contributed by atoms with van der Waals surface area (Å²) in [6.07, 6.45) is 0. The lowest BCUT2D eigenvalue weighted by atomic mass is 10.2. The van der Waals surface area contributed by atoms with E-state index < -0.39 is 0 Å². The zero-order valence-electron chi connectivity index (χ0n) is 10.6. The predicted molar refractivity (Wildman–Crippen MR) is 84.3 cm³/mol. The Labute approximate surface area is 131 Å². The zero-order chi connectivity index (χ0) is 14.4. The number of nitrogens with zero attached hydrogens (tertiary/aromatic N) is 1. The lowest BCUT2D eigenvalue weighted by molar-refractivity contribution is 0.333. The van der Waals surface area contributed by atoms with Crippen LogP contribution in [0.25, 0.3) is 0 Å². The van der Waals surface area contributed by atoms with Crippen LogP contribution < -0.4 is 10.1 Å². The first-order valence-electron chi connectivity index (χ1n) is 6.01. The van der Waals surface area contributed by atoms with E-state index in [-0.39, 0.29) is 0 Å². The molecule has 0 aliphatic heterocycles. The van der Waals surface area contributed by atoms with Crippen LogP contribution in [0.5, 0.6) is 5.75 Å². The van der Waals surface area contributed by atoms with Crippen LogP contribution in [0.3, 0.4) is 0 Å². The summed E-state index contributed by atoms with van der Waals surface area (Å²) < 4.78 is 6.60. The molecule has 0 heterocycles. The molecule has 1 N–H and O–H groups in total. The summed E-state index contributed by atoms with van der Waals surface area (Å²) in [6, 6.07) is 14.9. The molecule has 5 heteroatoms. The Morgan fingerprint density at radius 3 is 2.65 bits per heavy atom. The van der Waals surface area contributed by atoms with Crippen molar-refractivity contribution >= 4 is 33.2 Å². The second kappa shape index (κ2) is 7.18. The van der Waals surface area contributed by atoms with Gasteiger partial charge in [-0.2, -0.15) is 5.26 Å². The number of nitrogens with one attached hydrogen (secondary N) is 1. The molecule has 0 bridgehead atoms. The second-order valence-electron chi connectivity index (χ2n) is 4.03. The topological polar surface area (TPSA) is 45.0 Å². The van der Waals surface area contributed by atoms with Gasteiger partial charge in [-0.05, 0) is 42.5 Å². The molecular weight excluding hydrogens is 340 g/mol. The Morgan fingerprint density at radius 2 is 1.95 bits per heavy atom. The second-order valence-corrected chi connectivity index (χ2v) is 5.38. The Hall–Kier alpha value is -1.70. The average molecular weight is 352 g/mol. The van der Waals surface area contributed by atoms with Crippen molar-refractivity contribution in [1.29, 1.82) is 5.26 Å². The number of rotatable bonds is 5. The van der Waals surface area contributed by atoms with Gasteiger partial charge in [0.05, 0.1) is 11.3 Å². The predicted octanol–water partition coefficient (Wildman–Crippen LogP) is 4.47. The fraction of sp³-hybridized carbons (Fsp3) is 0.133. The maximum absolute atomic E-state index is 9.00. The summed E-state index contributed by atoms with van der Waals surface area (Å²) in [4.78, 5) is 0. The molecule has 0 radical (unpaired) electrons. The van der Waals surface area contributed by atoms with E-state index in [1.165, 1.54) is 0 Å². The Morgan fingerprint density at radius 1 is 1.20 bits per heavy atom. The SMILES string of the molecule is N#Cc1ccc(Cl)cc1NCCOc1ccc(Br)cc1. The largest absolute Gasteiger partial charge is 0.492 e. The molecule has 2 rings (SSSR count). The monoisotopic (exact) mass is 350 g/mol. The smallest absolute Gasteiger partial charge is 0.119 e. The highest BCUT2D eigenvalue weighted by Crippen LogP contribution is 2.20. The number of anilines is 1. The number of benzene rings is 2. The molecule has 20 heavy (non-hydrogen) atoms. The maximum Gasteiger partial charge on any atom is 0.119 e. The first-order chi connectivity index (χ1) is 9.69. The summed E-state index contributed by atoms with van der Waals surface area (Å²) in [6.45, 7) is 1.09. The van der Waals surface area contributed by atoms with E-state index in [9.17, 15) is 0 Å². The fourth-order valence-corrected chi connectivity index (χ4v) is 2.08. The van der Waals surface area contributed by atoms with Crippen molar-refractivity contribution in [3.63, 3.8) is 0 Å². The van der Waals surface area contributed by atoms with Gasteiger partial charge >= 0.3 is 0 Å². The van der Waals surface area contributed by atoms with Crippen molar-refractivity contribution in [2.45, 2.75) is 0 Å². The Kier molecular flexibility index (Phi) is 5.28. The van der Waals surface area contributed by atoms with E-state index in [2.05, 4.69) is 27.3 Å². The lowest BCUT2D eigenvalue weighted by Gasteiger charge is -2.10.